The maximum Gasteiger partial charge on any atom is 0.308 e. The van der Waals surface area contributed by atoms with Gasteiger partial charge in [0, 0.05) is 16.0 Å². The molecule has 35 heavy (non-hydrogen) atoms. The Kier molecular flexibility index (Phi) is 5.68. The van der Waals surface area contributed by atoms with Crippen LogP contribution in [0, 0.1) is 18.7 Å². The number of aryl methyl sites for hydroxylation is 1. The second-order valence-electron chi connectivity index (χ2n) is 9.23. The Morgan fingerprint density at radius 1 is 1.03 bits per heavy atom. The largest absolute Gasteiger partial charge is 0.325 e. The summed E-state index contributed by atoms with van der Waals surface area (Å²) in [7, 11) is 0. The molecule has 2 aliphatic rings. The fourth-order valence-electron chi connectivity index (χ4n) is 4.59. The van der Waals surface area contributed by atoms with E-state index in [0.29, 0.717) is 21.3 Å². The number of carbonyl (C=O) groups excluding carboxylic acids is 3. The Bertz CT molecular complexity index is 1410. The number of amides is 3. The molecule has 1 N–H and O–H groups in total. The molecule has 1 saturated heterocycles. The lowest BCUT2D eigenvalue weighted by molar-refractivity contribution is -0.123. The summed E-state index contributed by atoms with van der Waals surface area (Å²) in [5.74, 6) is -2.30. The van der Waals surface area contributed by atoms with Crippen LogP contribution in [0.2, 0.25) is 0 Å². The molecule has 2 atom stereocenters. The van der Waals surface area contributed by atoms with Gasteiger partial charge in [0.05, 0.1) is 16.6 Å². The number of halogens is 1. The molecule has 180 valence electrons. The lowest BCUT2D eigenvalue weighted by atomic mass is 9.76. The van der Waals surface area contributed by atoms with Crippen LogP contribution in [0.1, 0.15) is 24.3 Å². The number of benzene rings is 2. The molecule has 1 aromatic heterocycles. The molecule has 2 aromatic carbocycles. The van der Waals surface area contributed by atoms with Crippen molar-refractivity contribution in [2.75, 3.05) is 10.2 Å². The minimum Gasteiger partial charge on any atom is -0.325 e. The fraction of sp³-hybridized carbons (Fsp3) is 0.280. The van der Waals surface area contributed by atoms with Gasteiger partial charge in [-0.05, 0) is 43.3 Å². The average Bonchev–Trinajstić information content (AvgIpc) is 3.25. The number of carbonyl (C=O) groups is 3. The van der Waals surface area contributed by atoms with E-state index >= 15 is 0 Å². The number of fused-ring (bicyclic) bond motifs is 2. The molecule has 0 saturated carbocycles. The van der Waals surface area contributed by atoms with Gasteiger partial charge >= 0.3 is 4.87 Å². The first-order valence-electron chi connectivity index (χ1n) is 11.0. The van der Waals surface area contributed by atoms with Gasteiger partial charge in [-0.3, -0.25) is 23.7 Å². The van der Waals surface area contributed by atoms with Crippen LogP contribution < -0.4 is 15.1 Å². The van der Waals surface area contributed by atoms with Crippen LogP contribution in [0.4, 0.5) is 15.8 Å². The number of thioether (sulfide) groups is 1. The standard InChI is InChI=1S/C25H22FN3O4S2/c1-13-4-8-15(9-5-13)27-17(30)12-28-23-20(35-24(28)33)25(2,3)18-19(34-23)22(32)29(21(18)31)16-10-6-14(26)7-11-16/h4-11,18-19H,12H2,1-3H3,(H,27,30). The lowest BCUT2D eigenvalue weighted by Gasteiger charge is -2.36. The van der Waals surface area contributed by atoms with E-state index in [-0.39, 0.29) is 23.2 Å². The summed E-state index contributed by atoms with van der Waals surface area (Å²) in [4.78, 5) is 53.9. The summed E-state index contributed by atoms with van der Waals surface area (Å²) in [6, 6.07) is 12.5. The van der Waals surface area contributed by atoms with Crippen molar-refractivity contribution in [3.05, 3.63) is 74.5 Å². The number of anilines is 2. The minimum atomic E-state index is -0.810. The van der Waals surface area contributed by atoms with E-state index in [1.54, 1.807) is 12.1 Å². The summed E-state index contributed by atoms with van der Waals surface area (Å²) in [5, 5.41) is 2.57. The highest BCUT2D eigenvalue weighted by Crippen LogP contribution is 2.54. The van der Waals surface area contributed by atoms with Crippen molar-refractivity contribution in [2.24, 2.45) is 5.92 Å². The number of aromatic nitrogens is 1. The fourth-order valence-corrected chi connectivity index (χ4v) is 7.63. The van der Waals surface area contributed by atoms with Crippen LogP contribution in [0.3, 0.4) is 0 Å². The Labute approximate surface area is 208 Å². The lowest BCUT2D eigenvalue weighted by Crippen LogP contribution is -2.41. The highest BCUT2D eigenvalue weighted by atomic mass is 32.2. The van der Waals surface area contributed by atoms with E-state index < -0.39 is 28.3 Å². The van der Waals surface area contributed by atoms with Crippen molar-refractivity contribution < 1.29 is 18.8 Å². The zero-order valence-electron chi connectivity index (χ0n) is 19.2. The summed E-state index contributed by atoms with van der Waals surface area (Å²) in [6.07, 6.45) is 0. The monoisotopic (exact) mass is 511 g/mol. The summed E-state index contributed by atoms with van der Waals surface area (Å²) in [6.45, 7) is 5.43. The van der Waals surface area contributed by atoms with Crippen molar-refractivity contribution >= 4 is 52.2 Å². The highest BCUT2D eigenvalue weighted by Gasteiger charge is 2.59. The molecule has 0 spiro atoms. The molecule has 10 heteroatoms. The van der Waals surface area contributed by atoms with E-state index in [9.17, 15) is 23.6 Å². The van der Waals surface area contributed by atoms with Crippen LogP contribution in [0.15, 0.2) is 58.4 Å². The molecule has 3 heterocycles. The third-order valence-electron chi connectivity index (χ3n) is 6.43. The first-order chi connectivity index (χ1) is 16.6. The topological polar surface area (TPSA) is 88.5 Å². The molecule has 0 aliphatic carbocycles. The van der Waals surface area contributed by atoms with Gasteiger partial charge in [-0.15, -0.1) is 0 Å². The van der Waals surface area contributed by atoms with E-state index in [1.807, 2.05) is 32.9 Å². The van der Waals surface area contributed by atoms with Gasteiger partial charge in [0.1, 0.15) is 17.6 Å². The molecule has 3 amide bonds. The van der Waals surface area contributed by atoms with E-state index in [2.05, 4.69) is 5.32 Å². The Morgan fingerprint density at radius 3 is 2.34 bits per heavy atom. The molecule has 3 aromatic rings. The summed E-state index contributed by atoms with van der Waals surface area (Å²) >= 11 is 2.15. The maximum atomic E-state index is 13.4. The number of hydrogen-bond acceptors (Lipinski definition) is 6. The third-order valence-corrected chi connectivity index (χ3v) is 9.25. The quantitative estimate of drug-likeness (QED) is 0.536. The SMILES string of the molecule is Cc1ccc(NC(=O)Cn2c3c(sc2=O)C(C)(C)C2C(=O)N(c4ccc(F)cc4)C(=O)C2S3)cc1. The predicted molar refractivity (Wildman–Crippen MR) is 133 cm³/mol. The van der Waals surface area contributed by atoms with Gasteiger partial charge in [-0.25, -0.2) is 9.29 Å². The molecule has 1 fully saturated rings. The highest BCUT2D eigenvalue weighted by molar-refractivity contribution is 8.00. The number of thiazole rings is 1. The molecule has 7 nitrogen and oxygen atoms in total. The molecular formula is C25H22FN3O4S2. The van der Waals surface area contributed by atoms with Gasteiger partial charge in [0.15, 0.2) is 0 Å². The Morgan fingerprint density at radius 2 is 1.69 bits per heavy atom. The van der Waals surface area contributed by atoms with E-state index in [0.717, 1.165) is 33.6 Å². The molecule has 0 radical (unpaired) electrons. The second kappa shape index (κ2) is 8.46. The van der Waals surface area contributed by atoms with Crippen LogP contribution in [0.25, 0.3) is 0 Å². The number of hydrogen-bond donors (Lipinski definition) is 1. The predicted octanol–water partition coefficient (Wildman–Crippen LogP) is 3.94. The Balaban J connectivity index is 1.46. The number of imide groups is 1. The number of rotatable bonds is 4. The summed E-state index contributed by atoms with van der Waals surface area (Å²) in [5.41, 5.74) is 1.18. The number of nitrogens with zero attached hydrogens (tertiary/aromatic N) is 2. The van der Waals surface area contributed by atoms with Crippen molar-refractivity contribution in [3.8, 4) is 0 Å². The zero-order valence-corrected chi connectivity index (χ0v) is 20.8. The first kappa shape index (κ1) is 23.5. The molecule has 2 aliphatic heterocycles. The van der Waals surface area contributed by atoms with Gasteiger partial charge in [0.25, 0.3) is 0 Å². The van der Waals surface area contributed by atoms with E-state index in [1.165, 1.54) is 28.8 Å². The van der Waals surface area contributed by atoms with Crippen LogP contribution in [0.5, 0.6) is 0 Å². The second-order valence-corrected chi connectivity index (χ2v) is 11.3. The Hall–Kier alpha value is -3.24. The van der Waals surface area contributed by atoms with Crippen molar-refractivity contribution in [2.45, 2.75) is 43.0 Å². The van der Waals surface area contributed by atoms with Gasteiger partial charge < -0.3 is 5.32 Å². The summed E-state index contributed by atoms with van der Waals surface area (Å²) < 4.78 is 14.8. The van der Waals surface area contributed by atoms with Gasteiger partial charge in [0.2, 0.25) is 17.7 Å². The minimum absolute atomic E-state index is 0.206. The van der Waals surface area contributed by atoms with Crippen LogP contribution in [-0.4, -0.2) is 27.5 Å². The van der Waals surface area contributed by atoms with E-state index in [4.69, 9.17) is 0 Å². The number of nitrogens with one attached hydrogen (secondary N) is 1. The van der Waals surface area contributed by atoms with Crippen LogP contribution in [-0.2, 0) is 26.3 Å². The third kappa shape index (κ3) is 3.90. The molecule has 2 unspecified atom stereocenters. The normalized spacial score (nSPS) is 20.5. The first-order valence-corrected chi connectivity index (χ1v) is 12.7. The maximum absolute atomic E-state index is 13.4. The van der Waals surface area contributed by atoms with Gasteiger partial charge in [-0.2, -0.15) is 0 Å². The molecular weight excluding hydrogens is 489 g/mol. The van der Waals surface area contributed by atoms with Crippen molar-refractivity contribution in [3.63, 3.8) is 0 Å². The van der Waals surface area contributed by atoms with Crippen LogP contribution >= 0.6 is 23.1 Å². The molecule has 0 bridgehead atoms. The smallest absolute Gasteiger partial charge is 0.308 e. The zero-order chi connectivity index (χ0) is 25.1. The van der Waals surface area contributed by atoms with Crippen molar-refractivity contribution in [1.82, 2.24) is 4.57 Å². The average molecular weight is 512 g/mol. The van der Waals surface area contributed by atoms with Gasteiger partial charge in [-0.1, -0.05) is 54.6 Å². The van der Waals surface area contributed by atoms with Crippen molar-refractivity contribution in [1.29, 1.82) is 0 Å². The molecule has 5 rings (SSSR count).